The van der Waals surface area contributed by atoms with Gasteiger partial charge in [0.2, 0.25) is 5.95 Å². The van der Waals surface area contributed by atoms with Gasteiger partial charge in [-0.3, -0.25) is 0 Å². The molecule has 1 aromatic carbocycles. The van der Waals surface area contributed by atoms with Gasteiger partial charge in [-0.1, -0.05) is 6.07 Å². The lowest BCUT2D eigenvalue weighted by molar-refractivity contribution is 0.122. The fourth-order valence-corrected chi connectivity index (χ4v) is 2.72. The highest BCUT2D eigenvalue weighted by Crippen LogP contribution is 2.21. The number of anilines is 3. The van der Waals surface area contributed by atoms with Crippen LogP contribution in [0, 0.1) is 20.8 Å². The number of morpholine rings is 1. The summed E-state index contributed by atoms with van der Waals surface area (Å²) in [5.41, 5.74) is 4.50. The summed E-state index contributed by atoms with van der Waals surface area (Å²) in [6, 6.07) is 8.38. The molecule has 0 bridgehead atoms. The maximum Gasteiger partial charge on any atom is 0.227 e. The first-order valence-corrected chi connectivity index (χ1v) is 7.64. The lowest BCUT2D eigenvalue weighted by Crippen LogP contribution is -2.37. The molecule has 0 unspecified atom stereocenters. The summed E-state index contributed by atoms with van der Waals surface area (Å²) in [7, 11) is 0. The van der Waals surface area contributed by atoms with E-state index in [-0.39, 0.29) is 0 Å². The largest absolute Gasteiger partial charge is 0.378 e. The van der Waals surface area contributed by atoms with Gasteiger partial charge < -0.3 is 15.0 Å². The highest BCUT2D eigenvalue weighted by molar-refractivity contribution is 5.59. The van der Waals surface area contributed by atoms with Crippen LogP contribution >= 0.6 is 0 Å². The Kier molecular flexibility index (Phi) is 4.24. The van der Waals surface area contributed by atoms with E-state index < -0.39 is 0 Å². The number of hydrogen-bond acceptors (Lipinski definition) is 5. The monoisotopic (exact) mass is 298 g/mol. The van der Waals surface area contributed by atoms with Gasteiger partial charge in [0.15, 0.2) is 0 Å². The number of aryl methyl sites for hydroxylation is 3. The second kappa shape index (κ2) is 6.32. The average molecular weight is 298 g/mol. The molecule has 1 fully saturated rings. The minimum atomic E-state index is 0.733. The normalized spacial score (nSPS) is 15.0. The highest BCUT2D eigenvalue weighted by Gasteiger charge is 2.15. The van der Waals surface area contributed by atoms with Gasteiger partial charge in [0, 0.05) is 30.5 Å². The van der Waals surface area contributed by atoms with E-state index in [0.717, 1.165) is 49.5 Å². The Balaban J connectivity index is 1.85. The van der Waals surface area contributed by atoms with Crippen LogP contribution in [-0.2, 0) is 4.74 Å². The van der Waals surface area contributed by atoms with E-state index in [1.165, 1.54) is 11.1 Å². The van der Waals surface area contributed by atoms with Crippen LogP contribution in [0.5, 0.6) is 0 Å². The van der Waals surface area contributed by atoms with Crippen molar-refractivity contribution in [1.29, 1.82) is 0 Å². The van der Waals surface area contributed by atoms with Crippen molar-refractivity contribution in [3.63, 3.8) is 0 Å². The summed E-state index contributed by atoms with van der Waals surface area (Å²) in [6.45, 7) is 9.34. The Bertz CT molecular complexity index is 645. The van der Waals surface area contributed by atoms with Gasteiger partial charge >= 0.3 is 0 Å². The fraction of sp³-hybridized carbons (Fsp3) is 0.412. The summed E-state index contributed by atoms with van der Waals surface area (Å²) in [5, 5.41) is 3.40. The molecule has 2 aromatic rings. The van der Waals surface area contributed by atoms with Crippen LogP contribution in [-0.4, -0.2) is 36.3 Å². The van der Waals surface area contributed by atoms with Crippen molar-refractivity contribution >= 4 is 17.5 Å². The minimum Gasteiger partial charge on any atom is -0.378 e. The van der Waals surface area contributed by atoms with Crippen molar-refractivity contribution in [1.82, 2.24) is 9.97 Å². The number of nitrogens with zero attached hydrogens (tertiary/aromatic N) is 3. The molecule has 0 radical (unpaired) electrons. The number of ether oxygens (including phenoxy) is 1. The predicted molar refractivity (Wildman–Crippen MR) is 89.0 cm³/mol. The molecular formula is C17H22N4O. The van der Waals surface area contributed by atoms with Crippen LogP contribution < -0.4 is 10.2 Å². The number of hydrogen-bond donors (Lipinski definition) is 1. The lowest BCUT2D eigenvalue weighted by atomic mass is 10.1. The SMILES string of the molecule is Cc1cc(C)cc(Nc2cc(C)nc(N3CCOCC3)n2)c1. The predicted octanol–water partition coefficient (Wildman–Crippen LogP) is 2.98. The Morgan fingerprint density at radius 2 is 1.64 bits per heavy atom. The van der Waals surface area contributed by atoms with E-state index in [4.69, 9.17) is 4.74 Å². The van der Waals surface area contributed by atoms with Crippen LogP contribution in [0.25, 0.3) is 0 Å². The molecular weight excluding hydrogens is 276 g/mol. The molecule has 0 spiro atoms. The molecule has 0 atom stereocenters. The van der Waals surface area contributed by atoms with Gasteiger partial charge in [0.05, 0.1) is 13.2 Å². The van der Waals surface area contributed by atoms with Crippen LogP contribution in [0.1, 0.15) is 16.8 Å². The molecule has 1 N–H and O–H groups in total. The third-order valence-corrected chi connectivity index (χ3v) is 3.63. The van der Waals surface area contributed by atoms with E-state index in [9.17, 15) is 0 Å². The van der Waals surface area contributed by atoms with Crippen LogP contribution in [0.2, 0.25) is 0 Å². The van der Waals surface area contributed by atoms with Gasteiger partial charge in [-0.25, -0.2) is 4.98 Å². The molecule has 1 aromatic heterocycles. The third-order valence-electron chi connectivity index (χ3n) is 3.63. The van der Waals surface area contributed by atoms with Crippen molar-refractivity contribution in [2.24, 2.45) is 0 Å². The zero-order valence-electron chi connectivity index (χ0n) is 13.4. The van der Waals surface area contributed by atoms with E-state index in [2.05, 4.69) is 52.2 Å². The van der Waals surface area contributed by atoms with Crippen LogP contribution in [0.3, 0.4) is 0 Å². The van der Waals surface area contributed by atoms with Gasteiger partial charge in [0.1, 0.15) is 5.82 Å². The highest BCUT2D eigenvalue weighted by atomic mass is 16.5. The van der Waals surface area contributed by atoms with E-state index in [1.807, 2.05) is 13.0 Å². The van der Waals surface area contributed by atoms with Gasteiger partial charge in [-0.05, 0) is 44.0 Å². The zero-order valence-corrected chi connectivity index (χ0v) is 13.4. The fourth-order valence-electron chi connectivity index (χ4n) is 2.72. The maximum atomic E-state index is 5.39. The summed E-state index contributed by atoms with van der Waals surface area (Å²) in [6.07, 6.45) is 0. The summed E-state index contributed by atoms with van der Waals surface area (Å²) < 4.78 is 5.39. The second-order valence-corrected chi connectivity index (χ2v) is 5.80. The second-order valence-electron chi connectivity index (χ2n) is 5.80. The lowest BCUT2D eigenvalue weighted by Gasteiger charge is -2.27. The van der Waals surface area contributed by atoms with Crippen LogP contribution in [0.4, 0.5) is 17.5 Å². The average Bonchev–Trinajstić information content (AvgIpc) is 2.46. The molecule has 116 valence electrons. The quantitative estimate of drug-likeness (QED) is 0.944. The molecule has 0 amide bonds. The van der Waals surface area contributed by atoms with Crippen molar-refractivity contribution < 1.29 is 4.74 Å². The summed E-state index contributed by atoms with van der Waals surface area (Å²) >= 11 is 0. The Morgan fingerprint density at radius 3 is 2.32 bits per heavy atom. The molecule has 2 heterocycles. The number of nitrogens with one attached hydrogen (secondary N) is 1. The van der Waals surface area contributed by atoms with Crippen LogP contribution in [0.15, 0.2) is 24.3 Å². The first kappa shape index (κ1) is 14.8. The Hall–Kier alpha value is -2.14. The molecule has 1 aliphatic heterocycles. The van der Waals surface area contributed by atoms with Gasteiger partial charge in [-0.15, -0.1) is 0 Å². The molecule has 1 saturated heterocycles. The van der Waals surface area contributed by atoms with E-state index in [0.29, 0.717) is 0 Å². The van der Waals surface area contributed by atoms with Crippen molar-refractivity contribution in [2.75, 3.05) is 36.5 Å². The number of benzene rings is 1. The molecule has 0 aliphatic carbocycles. The molecule has 1 aliphatic rings. The van der Waals surface area contributed by atoms with Crippen molar-refractivity contribution in [3.8, 4) is 0 Å². The number of rotatable bonds is 3. The molecule has 3 rings (SSSR count). The molecule has 5 heteroatoms. The standard InChI is InChI=1S/C17H22N4O/c1-12-8-13(2)10-15(9-12)19-16-11-14(3)18-17(20-16)21-4-6-22-7-5-21/h8-11H,4-7H2,1-3H3,(H,18,19,20). The zero-order chi connectivity index (χ0) is 15.5. The topological polar surface area (TPSA) is 50.3 Å². The molecule has 22 heavy (non-hydrogen) atoms. The van der Waals surface area contributed by atoms with E-state index in [1.54, 1.807) is 0 Å². The van der Waals surface area contributed by atoms with Gasteiger partial charge in [-0.2, -0.15) is 4.98 Å². The van der Waals surface area contributed by atoms with E-state index >= 15 is 0 Å². The van der Waals surface area contributed by atoms with Gasteiger partial charge in [0.25, 0.3) is 0 Å². The molecule has 0 saturated carbocycles. The third kappa shape index (κ3) is 3.54. The summed E-state index contributed by atoms with van der Waals surface area (Å²) in [5.74, 6) is 1.61. The smallest absolute Gasteiger partial charge is 0.227 e. The first-order chi connectivity index (χ1) is 10.6. The number of aromatic nitrogens is 2. The summed E-state index contributed by atoms with van der Waals surface area (Å²) in [4.78, 5) is 11.4. The van der Waals surface area contributed by atoms with Crippen molar-refractivity contribution in [2.45, 2.75) is 20.8 Å². The minimum absolute atomic E-state index is 0.733. The van der Waals surface area contributed by atoms with Crippen molar-refractivity contribution in [3.05, 3.63) is 41.1 Å². The Morgan fingerprint density at radius 1 is 0.955 bits per heavy atom. The first-order valence-electron chi connectivity index (χ1n) is 7.64. The molecule has 5 nitrogen and oxygen atoms in total. The Labute approximate surface area is 131 Å². The maximum absolute atomic E-state index is 5.39.